The van der Waals surface area contributed by atoms with E-state index in [-0.39, 0.29) is 0 Å². The predicted octanol–water partition coefficient (Wildman–Crippen LogP) is 3.98. The third-order valence-corrected chi connectivity index (χ3v) is 3.43. The van der Waals surface area contributed by atoms with E-state index < -0.39 is 0 Å². The van der Waals surface area contributed by atoms with Crippen molar-refractivity contribution in [1.29, 1.82) is 0 Å². The Bertz CT molecular complexity index is 772. The smallest absolute Gasteiger partial charge is 0.227 e. The van der Waals surface area contributed by atoms with Crippen LogP contribution in [0.15, 0.2) is 83.1 Å². The maximum Gasteiger partial charge on any atom is 0.227 e. The number of nitrogens with zero attached hydrogens (tertiary/aromatic N) is 1. The standard InChI is InChI=1S/C19H15NO2/c1-14-17(12-13-21)22-19(16-10-6-3-7-11-16)20-18(14)15-8-4-2-5-9-15/h2-13H,1H3/b17-12+. The molecule has 3 rings (SSSR count). The number of hydrogen-bond donors (Lipinski definition) is 0. The van der Waals surface area contributed by atoms with Gasteiger partial charge in [0.2, 0.25) is 5.90 Å². The van der Waals surface area contributed by atoms with Gasteiger partial charge in [0.1, 0.15) is 12.0 Å². The fraction of sp³-hybridized carbons (Fsp3) is 0.0526. The summed E-state index contributed by atoms with van der Waals surface area (Å²) in [6, 6.07) is 19.5. The number of hydrogen-bond acceptors (Lipinski definition) is 3. The first-order valence-corrected chi connectivity index (χ1v) is 7.03. The van der Waals surface area contributed by atoms with Crippen LogP contribution in [0, 0.1) is 0 Å². The molecule has 0 saturated carbocycles. The predicted molar refractivity (Wildman–Crippen MR) is 87.2 cm³/mol. The number of rotatable bonds is 3. The van der Waals surface area contributed by atoms with Gasteiger partial charge < -0.3 is 4.74 Å². The molecule has 3 heteroatoms. The van der Waals surface area contributed by atoms with Crippen molar-refractivity contribution >= 4 is 17.9 Å². The molecule has 1 aliphatic heterocycles. The van der Waals surface area contributed by atoms with Gasteiger partial charge in [0.05, 0.1) is 5.70 Å². The van der Waals surface area contributed by atoms with E-state index in [1.165, 1.54) is 6.08 Å². The largest absolute Gasteiger partial charge is 0.438 e. The highest BCUT2D eigenvalue weighted by molar-refractivity contribution is 6.01. The van der Waals surface area contributed by atoms with Gasteiger partial charge in [-0.15, -0.1) is 0 Å². The van der Waals surface area contributed by atoms with Gasteiger partial charge in [-0.3, -0.25) is 4.79 Å². The lowest BCUT2D eigenvalue weighted by Crippen LogP contribution is -2.13. The molecule has 1 heterocycles. The average molecular weight is 289 g/mol. The lowest BCUT2D eigenvalue weighted by Gasteiger charge is -2.20. The zero-order valence-electron chi connectivity index (χ0n) is 12.2. The van der Waals surface area contributed by atoms with E-state index in [9.17, 15) is 4.79 Å². The molecular formula is C19H15NO2. The molecule has 3 nitrogen and oxygen atoms in total. The van der Waals surface area contributed by atoms with E-state index in [1.807, 2.05) is 67.6 Å². The molecule has 0 atom stereocenters. The zero-order chi connectivity index (χ0) is 15.4. The van der Waals surface area contributed by atoms with Crippen molar-refractivity contribution in [3.8, 4) is 0 Å². The molecule has 0 radical (unpaired) electrons. The normalized spacial score (nSPS) is 16.2. The van der Waals surface area contributed by atoms with Gasteiger partial charge >= 0.3 is 0 Å². The topological polar surface area (TPSA) is 38.7 Å². The van der Waals surface area contributed by atoms with Gasteiger partial charge in [0.15, 0.2) is 0 Å². The Labute approximate surface area is 129 Å². The maximum absolute atomic E-state index is 10.9. The van der Waals surface area contributed by atoms with Crippen molar-refractivity contribution in [2.75, 3.05) is 0 Å². The van der Waals surface area contributed by atoms with Crippen LogP contribution in [0.25, 0.3) is 5.70 Å². The van der Waals surface area contributed by atoms with E-state index in [2.05, 4.69) is 4.99 Å². The Morgan fingerprint density at radius 3 is 2.09 bits per heavy atom. The van der Waals surface area contributed by atoms with Crippen LogP contribution >= 0.6 is 0 Å². The van der Waals surface area contributed by atoms with Crippen molar-refractivity contribution in [3.63, 3.8) is 0 Å². The number of allylic oxidation sites excluding steroid dienone is 2. The number of aldehydes is 1. The Morgan fingerprint density at radius 1 is 0.909 bits per heavy atom. The quantitative estimate of drug-likeness (QED) is 0.633. The summed E-state index contributed by atoms with van der Waals surface area (Å²) in [6.45, 7) is 1.91. The van der Waals surface area contributed by atoms with Crippen LogP contribution in [0.2, 0.25) is 0 Å². The summed E-state index contributed by atoms with van der Waals surface area (Å²) >= 11 is 0. The second-order valence-corrected chi connectivity index (χ2v) is 4.89. The van der Waals surface area contributed by atoms with Crippen LogP contribution in [-0.2, 0) is 9.53 Å². The monoisotopic (exact) mass is 289 g/mol. The minimum Gasteiger partial charge on any atom is -0.438 e. The molecule has 0 aromatic heterocycles. The molecule has 0 aliphatic carbocycles. The molecule has 108 valence electrons. The molecule has 0 amide bonds. The zero-order valence-corrected chi connectivity index (χ0v) is 12.2. The molecule has 22 heavy (non-hydrogen) atoms. The summed E-state index contributed by atoms with van der Waals surface area (Å²) in [6.07, 6.45) is 2.16. The molecule has 0 bridgehead atoms. The second kappa shape index (κ2) is 6.22. The van der Waals surface area contributed by atoms with Gasteiger partial charge in [0, 0.05) is 22.8 Å². The number of carbonyl (C=O) groups is 1. The third kappa shape index (κ3) is 2.74. The Hall–Kier alpha value is -2.94. The van der Waals surface area contributed by atoms with E-state index in [0.717, 1.165) is 28.7 Å². The molecule has 0 fully saturated rings. The second-order valence-electron chi connectivity index (χ2n) is 4.89. The lowest BCUT2D eigenvalue weighted by atomic mass is 10.0. The number of carbonyl (C=O) groups excluding carboxylic acids is 1. The molecular weight excluding hydrogens is 274 g/mol. The van der Waals surface area contributed by atoms with Gasteiger partial charge in [-0.1, -0.05) is 48.5 Å². The van der Waals surface area contributed by atoms with Crippen molar-refractivity contribution in [1.82, 2.24) is 0 Å². The van der Waals surface area contributed by atoms with Crippen LogP contribution in [0.1, 0.15) is 18.1 Å². The van der Waals surface area contributed by atoms with E-state index in [1.54, 1.807) is 0 Å². The first-order chi connectivity index (χ1) is 10.8. The SMILES string of the molecule is CC1=C(c2ccccc2)N=C(c2ccccc2)O/C1=C/C=O. The first-order valence-electron chi connectivity index (χ1n) is 7.03. The lowest BCUT2D eigenvalue weighted by molar-refractivity contribution is -0.104. The minimum absolute atomic E-state index is 0.498. The van der Waals surface area contributed by atoms with Gasteiger partial charge in [-0.05, 0) is 19.1 Å². The van der Waals surface area contributed by atoms with Gasteiger partial charge in [0.25, 0.3) is 0 Å². The fourth-order valence-electron chi connectivity index (χ4n) is 2.31. The number of benzene rings is 2. The molecule has 0 unspecified atom stereocenters. The highest BCUT2D eigenvalue weighted by Gasteiger charge is 2.20. The van der Waals surface area contributed by atoms with Crippen LogP contribution in [-0.4, -0.2) is 12.2 Å². The summed E-state index contributed by atoms with van der Waals surface area (Å²) < 4.78 is 5.80. The molecule has 0 N–H and O–H groups in total. The van der Waals surface area contributed by atoms with E-state index in [0.29, 0.717) is 11.7 Å². The van der Waals surface area contributed by atoms with Gasteiger partial charge in [-0.25, -0.2) is 4.99 Å². The summed E-state index contributed by atoms with van der Waals surface area (Å²) in [5.41, 5.74) is 3.53. The summed E-state index contributed by atoms with van der Waals surface area (Å²) in [7, 11) is 0. The van der Waals surface area contributed by atoms with Gasteiger partial charge in [-0.2, -0.15) is 0 Å². The summed E-state index contributed by atoms with van der Waals surface area (Å²) in [4.78, 5) is 15.5. The number of aliphatic imine (C=N–C) groups is 1. The molecule has 2 aromatic carbocycles. The molecule has 0 spiro atoms. The van der Waals surface area contributed by atoms with Crippen LogP contribution in [0.4, 0.5) is 0 Å². The van der Waals surface area contributed by atoms with Crippen LogP contribution in [0.3, 0.4) is 0 Å². The van der Waals surface area contributed by atoms with Crippen LogP contribution in [0.5, 0.6) is 0 Å². The summed E-state index contributed by atoms with van der Waals surface area (Å²) in [5, 5.41) is 0. The highest BCUT2D eigenvalue weighted by atomic mass is 16.5. The number of ether oxygens (including phenoxy) is 1. The van der Waals surface area contributed by atoms with Crippen molar-refractivity contribution in [3.05, 3.63) is 89.2 Å². The molecule has 2 aromatic rings. The highest BCUT2D eigenvalue weighted by Crippen LogP contribution is 2.31. The third-order valence-electron chi connectivity index (χ3n) is 3.43. The first kappa shape index (κ1) is 14.0. The maximum atomic E-state index is 10.9. The Kier molecular flexibility index (Phi) is 3.97. The van der Waals surface area contributed by atoms with E-state index >= 15 is 0 Å². The molecule has 0 saturated heterocycles. The average Bonchev–Trinajstić information content (AvgIpc) is 2.58. The Balaban J connectivity index is 2.15. The van der Waals surface area contributed by atoms with Crippen molar-refractivity contribution in [2.24, 2.45) is 4.99 Å². The minimum atomic E-state index is 0.498. The Morgan fingerprint density at radius 2 is 1.50 bits per heavy atom. The fourth-order valence-corrected chi connectivity index (χ4v) is 2.31. The van der Waals surface area contributed by atoms with Crippen molar-refractivity contribution in [2.45, 2.75) is 6.92 Å². The van der Waals surface area contributed by atoms with E-state index in [4.69, 9.17) is 4.74 Å². The molecule has 1 aliphatic rings. The van der Waals surface area contributed by atoms with Crippen molar-refractivity contribution < 1.29 is 9.53 Å². The van der Waals surface area contributed by atoms with Crippen LogP contribution < -0.4 is 0 Å². The summed E-state index contributed by atoms with van der Waals surface area (Å²) in [5.74, 6) is 1.03.